The zero-order valence-electron chi connectivity index (χ0n) is 17.9. The molecule has 0 aliphatic heterocycles. The molecule has 6 heteroatoms. The Morgan fingerprint density at radius 3 is 2.39 bits per heavy atom. The van der Waals surface area contributed by atoms with Crippen molar-refractivity contribution in [3.8, 4) is 5.75 Å². The lowest BCUT2D eigenvalue weighted by atomic mass is 10.1. The first-order valence-electron chi connectivity index (χ1n) is 9.88. The van der Waals surface area contributed by atoms with Gasteiger partial charge in [-0.15, -0.1) is 0 Å². The van der Waals surface area contributed by atoms with E-state index in [-0.39, 0.29) is 11.9 Å². The summed E-state index contributed by atoms with van der Waals surface area (Å²) < 4.78 is 4.97. The van der Waals surface area contributed by atoms with Gasteiger partial charge >= 0.3 is 0 Å². The Bertz CT molecular complexity index is 993. The molecule has 0 radical (unpaired) electrons. The number of benzene rings is 3. The Hall–Kier alpha value is -3.31. The molecule has 2 amide bonds. The van der Waals surface area contributed by atoms with Crippen LogP contribution < -0.4 is 15.4 Å². The van der Waals surface area contributed by atoms with Gasteiger partial charge in [0.2, 0.25) is 6.41 Å². The number of halogens is 1. The molecule has 1 atom stereocenters. The van der Waals surface area contributed by atoms with Gasteiger partial charge in [-0.1, -0.05) is 60.1 Å². The predicted molar refractivity (Wildman–Crippen MR) is 126 cm³/mol. The van der Waals surface area contributed by atoms with Crippen LogP contribution in [0.5, 0.6) is 5.75 Å². The lowest BCUT2D eigenvalue weighted by molar-refractivity contribution is -0.105. The van der Waals surface area contributed by atoms with Crippen molar-refractivity contribution in [2.24, 2.45) is 0 Å². The molecule has 2 N–H and O–H groups in total. The number of ether oxygens (including phenoxy) is 1. The van der Waals surface area contributed by atoms with Crippen LogP contribution >= 0.6 is 11.6 Å². The van der Waals surface area contributed by atoms with Gasteiger partial charge in [-0.2, -0.15) is 0 Å². The Labute approximate surface area is 188 Å². The quantitative estimate of drug-likeness (QED) is 0.493. The standard InChI is InChI=1S/C17H19NO.C8H8ClNO2/c1-13-8-6-7-11-16(13)17(19)18-14(2)12-15-9-4-3-5-10-15;1-12-8-3-2-6(9)4-7(8)10-5-11/h3-11,14H,12H2,1-2H3,(H,18,19);2-5H,1H3,(H,10,11). The minimum absolute atomic E-state index is 0.00142. The zero-order valence-corrected chi connectivity index (χ0v) is 18.6. The number of rotatable bonds is 7. The molecule has 0 aromatic heterocycles. The van der Waals surface area contributed by atoms with Crippen molar-refractivity contribution in [2.75, 3.05) is 12.4 Å². The summed E-state index contributed by atoms with van der Waals surface area (Å²) in [6.45, 7) is 3.99. The van der Waals surface area contributed by atoms with Gasteiger partial charge in [0.05, 0.1) is 12.8 Å². The molecular formula is C25H27ClN2O3. The largest absolute Gasteiger partial charge is 0.495 e. The second-order valence-electron chi connectivity index (χ2n) is 6.99. The number of carbonyl (C=O) groups is 2. The highest BCUT2D eigenvalue weighted by Gasteiger charge is 2.11. The molecule has 0 aliphatic rings. The second-order valence-corrected chi connectivity index (χ2v) is 7.42. The summed E-state index contributed by atoms with van der Waals surface area (Å²) in [4.78, 5) is 22.3. The molecule has 0 saturated carbocycles. The van der Waals surface area contributed by atoms with Crippen LogP contribution in [0.1, 0.15) is 28.4 Å². The monoisotopic (exact) mass is 438 g/mol. The summed E-state index contributed by atoms with van der Waals surface area (Å²) in [7, 11) is 1.53. The summed E-state index contributed by atoms with van der Waals surface area (Å²) in [5.41, 5.74) is 3.56. The van der Waals surface area contributed by atoms with Crippen molar-refractivity contribution < 1.29 is 14.3 Å². The first kappa shape index (κ1) is 24.0. The van der Waals surface area contributed by atoms with E-state index in [1.54, 1.807) is 18.2 Å². The minimum atomic E-state index is 0.00142. The molecule has 0 heterocycles. The maximum Gasteiger partial charge on any atom is 0.251 e. The molecule has 0 spiro atoms. The Kier molecular flexibility index (Phi) is 9.59. The number of aryl methyl sites for hydroxylation is 1. The Morgan fingerprint density at radius 1 is 1.06 bits per heavy atom. The molecule has 3 rings (SSSR count). The van der Waals surface area contributed by atoms with Crippen LogP contribution in [0.3, 0.4) is 0 Å². The van der Waals surface area contributed by atoms with Crippen molar-refractivity contribution in [1.82, 2.24) is 5.32 Å². The normalized spacial score (nSPS) is 10.8. The average Bonchev–Trinajstić information content (AvgIpc) is 2.75. The van der Waals surface area contributed by atoms with Crippen LogP contribution in [0.4, 0.5) is 5.69 Å². The summed E-state index contributed by atoms with van der Waals surface area (Å²) >= 11 is 5.70. The van der Waals surface area contributed by atoms with Crippen LogP contribution in [-0.4, -0.2) is 25.5 Å². The molecule has 3 aromatic rings. The predicted octanol–water partition coefficient (Wildman–Crippen LogP) is 5.27. The van der Waals surface area contributed by atoms with Gasteiger partial charge in [0.15, 0.2) is 0 Å². The first-order chi connectivity index (χ1) is 14.9. The number of amides is 2. The number of nitrogens with one attached hydrogen (secondary N) is 2. The molecule has 5 nitrogen and oxygen atoms in total. The van der Waals surface area contributed by atoms with Crippen LogP contribution in [0, 0.1) is 6.92 Å². The van der Waals surface area contributed by atoms with E-state index in [0.29, 0.717) is 22.9 Å². The average molecular weight is 439 g/mol. The van der Waals surface area contributed by atoms with Crippen molar-refractivity contribution in [3.63, 3.8) is 0 Å². The van der Waals surface area contributed by atoms with Gasteiger partial charge in [0, 0.05) is 16.6 Å². The van der Waals surface area contributed by atoms with Crippen LogP contribution in [0.25, 0.3) is 0 Å². The van der Waals surface area contributed by atoms with E-state index in [2.05, 4.69) is 22.8 Å². The number of methoxy groups -OCH3 is 1. The molecule has 0 bridgehead atoms. The number of hydrogen-bond acceptors (Lipinski definition) is 3. The van der Waals surface area contributed by atoms with Gasteiger partial charge < -0.3 is 15.4 Å². The van der Waals surface area contributed by atoms with Gasteiger partial charge in [-0.3, -0.25) is 9.59 Å². The molecule has 0 aliphatic carbocycles. The molecule has 1 unspecified atom stereocenters. The number of anilines is 1. The fourth-order valence-electron chi connectivity index (χ4n) is 3.00. The fourth-order valence-corrected chi connectivity index (χ4v) is 3.18. The van der Waals surface area contributed by atoms with E-state index < -0.39 is 0 Å². The lowest BCUT2D eigenvalue weighted by Crippen LogP contribution is -2.34. The molecule has 3 aromatic carbocycles. The third-order valence-electron chi connectivity index (χ3n) is 4.53. The molecule has 0 fully saturated rings. The highest BCUT2D eigenvalue weighted by molar-refractivity contribution is 6.31. The topological polar surface area (TPSA) is 67.4 Å². The van der Waals surface area contributed by atoms with E-state index in [0.717, 1.165) is 17.5 Å². The Morgan fingerprint density at radius 2 is 1.74 bits per heavy atom. The zero-order chi connectivity index (χ0) is 22.6. The maximum absolute atomic E-state index is 12.2. The highest BCUT2D eigenvalue weighted by atomic mass is 35.5. The summed E-state index contributed by atoms with van der Waals surface area (Å²) in [6.07, 6.45) is 1.42. The number of hydrogen-bond donors (Lipinski definition) is 2. The number of carbonyl (C=O) groups excluding carboxylic acids is 2. The summed E-state index contributed by atoms with van der Waals surface area (Å²) in [5, 5.41) is 6.08. The minimum Gasteiger partial charge on any atom is -0.495 e. The first-order valence-corrected chi connectivity index (χ1v) is 10.3. The third kappa shape index (κ3) is 7.79. The van der Waals surface area contributed by atoms with Crippen LogP contribution in [0.15, 0.2) is 72.8 Å². The molecule has 162 valence electrons. The van der Waals surface area contributed by atoms with Crippen LogP contribution in [0.2, 0.25) is 5.02 Å². The second kappa shape index (κ2) is 12.4. The Balaban J connectivity index is 0.000000245. The lowest BCUT2D eigenvalue weighted by Gasteiger charge is -2.15. The smallest absolute Gasteiger partial charge is 0.251 e. The SMILES string of the molecule is COc1ccc(Cl)cc1NC=O.Cc1ccccc1C(=O)NC(C)Cc1ccccc1. The van der Waals surface area contributed by atoms with Crippen molar-refractivity contribution >= 4 is 29.6 Å². The van der Waals surface area contributed by atoms with E-state index >= 15 is 0 Å². The highest BCUT2D eigenvalue weighted by Crippen LogP contribution is 2.26. The molecule has 0 saturated heterocycles. The van der Waals surface area contributed by atoms with E-state index in [1.165, 1.54) is 12.7 Å². The van der Waals surface area contributed by atoms with Crippen molar-refractivity contribution in [3.05, 3.63) is 94.5 Å². The third-order valence-corrected chi connectivity index (χ3v) is 4.76. The van der Waals surface area contributed by atoms with E-state index in [9.17, 15) is 9.59 Å². The summed E-state index contributed by atoms with van der Waals surface area (Å²) in [6, 6.07) is 23.0. The van der Waals surface area contributed by atoms with Gasteiger partial charge in [-0.25, -0.2) is 0 Å². The fraction of sp³-hybridized carbons (Fsp3) is 0.200. The van der Waals surface area contributed by atoms with Crippen molar-refractivity contribution in [2.45, 2.75) is 26.3 Å². The van der Waals surface area contributed by atoms with Gasteiger partial charge in [-0.05, 0) is 55.7 Å². The molecular weight excluding hydrogens is 412 g/mol. The van der Waals surface area contributed by atoms with Gasteiger partial charge in [0.25, 0.3) is 5.91 Å². The van der Waals surface area contributed by atoms with Crippen LogP contribution in [-0.2, 0) is 11.2 Å². The van der Waals surface area contributed by atoms with Gasteiger partial charge in [0.1, 0.15) is 5.75 Å². The molecule has 31 heavy (non-hydrogen) atoms. The van der Waals surface area contributed by atoms with E-state index in [4.69, 9.17) is 16.3 Å². The van der Waals surface area contributed by atoms with E-state index in [1.807, 2.05) is 56.3 Å². The van der Waals surface area contributed by atoms with Crippen molar-refractivity contribution in [1.29, 1.82) is 0 Å². The maximum atomic E-state index is 12.2. The summed E-state index contributed by atoms with van der Waals surface area (Å²) in [5.74, 6) is 0.591.